The molecule has 1 amide bonds. The van der Waals surface area contributed by atoms with Gasteiger partial charge in [0.05, 0.1) is 29.6 Å². The van der Waals surface area contributed by atoms with Gasteiger partial charge in [-0.15, -0.1) is 0 Å². The fourth-order valence-corrected chi connectivity index (χ4v) is 4.19. The quantitative estimate of drug-likeness (QED) is 0.675. The van der Waals surface area contributed by atoms with E-state index in [0.717, 1.165) is 48.9 Å². The minimum Gasteiger partial charge on any atom is -0.370 e. The Morgan fingerprint density at radius 2 is 1.93 bits per heavy atom. The van der Waals surface area contributed by atoms with Crippen LogP contribution in [0.2, 0.25) is 0 Å². The van der Waals surface area contributed by atoms with Crippen LogP contribution in [0, 0.1) is 0 Å². The third-order valence-corrected chi connectivity index (χ3v) is 5.96. The lowest BCUT2D eigenvalue weighted by atomic mass is 10.1. The molecule has 1 atom stereocenters. The highest BCUT2D eigenvalue weighted by molar-refractivity contribution is 5.82. The number of rotatable bonds is 4. The lowest BCUT2D eigenvalue weighted by Gasteiger charge is -2.34. The molecule has 2 fully saturated rings. The Morgan fingerprint density at radius 3 is 2.72 bits per heavy atom. The molecule has 0 N–H and O–H groups in total. The van der Waals surface area contributed by atoms with Gasteiger partial charge in [0.15, 0.2) is 0 Å². The van der Waals surface area contributed by atoms with E-state index in [9.17, 15) is 9.59 Å². The number of amides is 1. The second-order valence-electron chi connectivity index (χ2n) is 7.83. The maximum absolute atomic E-state index is 12.9. The van der Waals surface area contributed by atoms with Gasteiger partial charge in [0.2, 0.25) is 5.91 Å². The Kier molecular flexibility index (Phi) is 4.54. The van der Waals surface area contributed by atoms with E-state index in [1.807, 2.05) is 29.2 Å². The lowest BCUT2D eigenvalue weighted by Crippen LogP contribution is -2.45. The van der Waals surface area contributed by atoms with Crippen LogP contribution in [-0.4, -0.2) is 56.5 Å². The van der Waals surface area contributed by atoms with Crippen molar-refractivity contribution >= 4 is 22.5 Å². The summed E-state index contributed by atoms with van der Waals surface area (Å²) in [4.78, 5) is 29.5. The van der Waals surface area contributed by atoms with Gasteiger partial charge in [-0.25, -0.2) is 4.68 Å². The van der Waals surface area contributed by atoms with Gasteiger partial charge in [-0.2, -0.15) is 10.2 Å². The molecule has 1 aromatic carbocycles. The van der Waals surface area contributed by atoms with Crippen molar-refractivity contribution in [2.45, 2.75) is 31.8 Å². The largest absolute Gasteiger partial charge is 0.370 e. The van der Waals surface area contributed by atoms with Gasteiger partial charge < -0.3 is 9.80 Å². The Balaban J connectivity index is 1.30. The van der Waals surface area contributed by atoms with Gasteiger partial charge >= 0.3 is 0 Å². The van der Waals surface area contributed by atoms with Crippen LogP contribution < -0.4 is 10.5 Å². The van der Waals surface area contributed by atoms with Gasteiger partial charge in [-0.3, -0.25) is 14.3 Å². The van der Waals surface area contributed by atoms with E-state index in [0.29, 0.717) is 13.1 Å². The number of aromatic nitrogens is 4. The van der Waals surface area contributed by atoms with E-state index in [-0.39, 0.29) is 24.1 Å². The molecule has 0 bridgehead atoms. The Morgan fingerprint density at radius 1 is 1.07 bits per heavy atom. The molecule has 2 saturated heterocycles. The smallest absolute Gasteiger partial charge is 0.269 e. The number of nitrogens with zero attached hydrogens (tertiary/aromatic N) is 6. The first kappa shape index (κ1) is 17.9. The van der Waals surface area contributed by atoms with Crippen LogP contribution >= 0.6 is 0 Å². The molecule has 4 heterocycles. The van der Waals surface area contributed by atoms with E-state index in [2.05, 4.69) is 15.1 Å². The number of carbonyl (C=O) groups excluding carboxylic acids is 1. The standard InChI is InChI=1S/C21H24N6O2/c28-20-11-18(24-9-4-10-24)13-23-27(20)17-6-3-8-25(14-17)21(29)15-26-19-7-2-1-5-16(19)12-22-26/h1-2,5,7,11-13,17H,3-4,6,8-10,14-15H2/t17-/m1/s1. The number of hydrogen-bond acceptors (Lipinski definition) is 5. The minimum atomic E-state index is -0.0910. The Labute approximate surface area is 168 Å². The zero-order chi connectivity index (χ0) is 19.8. The fourth-order valence-electron chi connectivity index (χ4n) is 4.19. The van der Waals surface area contributed by atoms with Gasteiger partial charge in [0, 0.05) is 37.6 Å². The van der Waals surface area contributed by atoms with Crippen LogP contribution in [0.3, 0.4) is 0 Å². The third-order valence-electron chi connectivity index (χ3n) is 5.96. The molecule has 5 rings (SSSR count). The predicted octanol–water partition coefficient (Wildman–Crippen LogP) is 1.67. The molecule has 0 unspecified atom stereocenters. The molecule has 2 aromatic heterocycles. The molecule has 3 aromatic rings. The molecule has 0 radical (unpaired) electrons. The average molecular weight is 392 g/mol. The second kappa shape index (κ2) is 7.35. The third kappa shape index (κ3) is 3.39. The zero-order valence-electron chi connectivity index (χ0n) is 16.3. The number of likely N-dealkylation sites (tertiary alicyclic amines) is 1. The second-order valence-corrected chi connectivity index (χ2v) is 7.83. The summed E-state index contributed by atoms with van der Waals surface area (Å²) in [7, 11) is 0. The maximum atomic E-state index is 12.9. The van der Waals surface area contributed by atoms with Gasteiger partial charge in [-0.05, 0) is 25.3 Å². The van der Waals surface area contributed by atoms with Crippen LogP contribution in [0.15, 0.2) is 47.5 Å². The van der Waals surface area contributed by atoms with Crippen LogP contribution in [0.4, 0.5) is 5.69 Å². The number of carbonyl (C=O) groups is 1. The van der Waals surface area contributed by atoms with Crippen LogP contribution in [0.1, 0.15) is 25.3 Å². The summed E-state index contributed by atoms with van der Waals surface area (Å²) < 4.78 is 3.29. The summed E-state index contributed by atoms with van der Waals surface area (Å²) in [6.07, 6.45) is 6.43. The molecule has 2 aliphatic heterocycles. The van der Waals surface area contributed by atoms with Gasteiger partial charge in [-0.1, -0.05) is 18.2 Å². The van der Waals surface area contributed by atoms with E-state index in [1.54, 1.807) is 27.8 Å². The molecular formula is C21H24N6O2. The number of para-hydroxylation sites is 1. The summed E-state index contributed by atoms with van der Waals surface area (Å²) in [5, 5.41) is 9.80. The van der Waals surface area contributed by atoms with Gasteiger partial charge in [0.1, 0.15) is 6.54 Å². The SMILES string of the molecule is O=C(Cn1ncc2ccccc21)N1CCC[C@@H](n2ncc(N3CCC3)cc2=O)C1. The molecule has 8 heteroatoms. The highest BCUT2D eigenvalue weighted by Gasteiger charge is 2.27. The first-order valence-corrected chi connectivity index (χ1v) is 10.2. The first-order valence-electron chi connectivity index (χ1n) is 10.2. The number of hydrogen-bond donors (Lipinski definition) is 0. The van der Waals surface area contributed by atoms with E-state index in [1.165, 1.54) is 0 Å². The number of piperidine rings is 1. The fraction of sp³-hybridized carbons (Fsp3) is 0.429. The number of benzene rings is 1. The molecule has 0 aliphatic carbocycles. The molecule has 0 spiro atoms. The summed E-state index contributed by atoms with van der Waals surface area (Å²) in [5.41, 5.74) is 1.76. The normalized spacial score (nSPS) is 19.4. The summed E-state index contributed by atoms with van der Waals surface area (Å²) in [5.74, 6) is 0.0220. The maximum Gasteiger partial charge on any atom is 0.269 e. The zero-order valence-corrected chi connectivity index (χ0v) is 16.3. The highest BCUT2D eigenvalue weighted by atomic mass is 16.2. The van der Waals surface area contributed by atoms with E-state index < -0.39 is 0 Å². The molecule has 0 saturated carbocycles. The summed E-state index contributed by atoms with van der Waals surface area (Å²) in [6, 6.07) is 9.45. The van der Waals surface area contributed by atoms with Crippen molar-refractivity contribution in [3.8, 4) is 0 Å². The monoisotopic (exact) mass is 392 g/mol. The van der Waals surface area contributed by atoms with E-state index in [4.69, 9.17) is 0 Å². The van der Waals surface area contributed by atoms with Crippen molar-refractivity contribution in [1.29, 1.82) is 0 Å². The lowest BCUT2D eigenvalue weighted by molar-refractivity contribution is -0.133. The molecule has 2 aliphatic rings. The summed E-state index contributed by atoms with van der Waals surface area (Å²) in [6.45, 7) is 3.39. The van der Waals surface area contributed by atoms with Crippen molar-refractivity contribution in [3.63, 3.8) is 0 Å². The highest BCUT2D eigenvalue weighted by Crippen LogP contribution is 2.22. The van der Waals surface area contributed by atoms with Crippen molar-refractivity contribution in [2.75, 3.05) is 31.1 Å². The van der Waals surface area contributed by atoms with Crippen molar-refractivity contribution in [1.82, 2.24) is 24.5 Å². The van der Waals surface area contributed by atoms with Crippen LogP contribution in [-0.2, 0) is 11.3 Å². The molecule has 8 nitrogen and oxygen atoms in total. The van der Waals surface area contributed by atoms with Crippen molar-refractivity contribution in [2.24, 2.45) is 0 Å². The molecule has 29 heavy (non-hydrogen) atoms. The first-order chi connectivity index (χ1) is 14.2. The van der Waals surface area contributed by atoms with Gasteiger partial charge in [0.25, 0.3) is 5.56 Å². The Hall–Kier alpha value is -3.16. The minimum absolute atomic E-state index is 0.0220. The predicted molar refractivity (Wildman–Crippen MR) is 110 cm³/mol. The topological polar surface area (TPSA) is 76.3 Å². The average Bonchev–Trinajstić information content (AvgIpc) is 3.10. The number of fused-ring (bicyclic) bond motifs is 1. The Bertz CT molecular complexity index is 1100. The van der Waals surface area contributed by atoms with Crippen LogP contribution in [0.5, 0.6) is 0 Å². The van der Waals surface area contributed by atoms with Crippen molar-refractivity contribution < 1.29 is 4.79 Å². The van der Waals surface area contributed by atoms with Crippen LogP contribution in [0.25, 0.3) is 10.9 Å². The molecular weight excluding hydrogens is 368 g/mol. The summed E-state index contributed by atoms with van der Waals surface area (Å²) >= 11 is 0. The number of anilines is 1. The van der Waals surface area contributed by atoms with E-state index >= 15 is 0 Å². The molecule has 150 valence electrons. The van der Waals surface area contributed by atoms with Crippen molar-refractivity contribution in [3.05, 3.63) is 53.1 Å².